The second kappa shape index (κ2) is 7.63. The predicted molar refractivity (Wildman–Crippen MR) is 106 cm³/mol. The molecule has 0 amide bonds. The highest BCUT2D eigenvalue weighted by molar-refractivity contribution is 8.00. The van der Waals surface area contributed by atoms with Crippen molar-refractivity contribution in [3.8, 4) is 0 Å². The first-order chi connectivity index (χ1) is 13.1. The molecule has 0 fully saturated rings. The summed E-state index contributed by atoms with van der Waals surface area (Å²) in [6, 6.07) is 11.0. The van der Waals surface area contributed by atoms with Crippen LogP contribution in [0.2, 0.25) is 5.02 Å². The first-order valence-corrected chi connectivity index (χ1v) is 9.91. The summed E-state index contributed by atoms with van der Waals surface area (Å²) in [4.78, 5) is 16.6. The Kier molecular flexibility index (Phi) is 5.06. The zero-order chi connectivity index (χ0) is 18.8. The first kappa shape index (κ1) is 17.9. The monoisotopic (exact) mass is 419 g/mol. The summed E-state index contributed by atoms with van der Waals surface area (Å²) >= 11 is 8.67. The molecule has 0 saturated heterocycles. The van der Waals surface area contributed by atoms with Crippen LogP contribution in [0.5, 0.6) is 0 Å². The Morgan fingerprint density at radius 1 is 1.22 bits per heavy atom. The quantitative estimate of drug-likeness (QED) is 0.484. The van der Waals surface area contributed by atoms with Gasteiger partial charge in [-0.2, -0.15) is 0 Å². The van der Waals surface area contributed by atoms with Gasteiger partial charge in [-0.15, -0.1) is 10.2 Å². The number of thioether (sulfide) groups is 1. The van der Waals surface area contributed by atoms with Gasteiger partial charge in [-0.3, -0.25) is 9.20 Å². The van der Waals surface area contributed by atoms with Crippen LogP contribution in [-0.2, 0) is 5.75 Å². The van der Waals surface area contributed by atoms with Gasteiger partial charge in [0.1, 0.15) is 11.5 Å². The van der Waals surface area contributed by atoms with Crippen molar-refractivity contribution >= 4 is 51.2 Å². The average molecular weight is 420 g/mol. The van der Waals surface area contributed by atoms with Crippen LogP contribution < -0.4 is 10.9 Å². The van der Waals surface area contributed by atoms with E-state index in [1.165, 1.54) is 51.9 Å². The molecule has 4 rings (SSSR count). The summed E-state index contributed by atoms with van der Waals surface area (Å²) in [7, 11) is 0. The Morgan fingerprint density at radius 3 is 2.96 bits per heavy atom. The number of nitrogens with zero attached hydrogens (tertiary/aromatic N) is 4. The van der Waals surface area contributed by atoms with E-state index in [4.69, 9.17) is 11.6 Å². The van der Waals surface area contributed by atoms with Gasteiger partial charge in [-0.05, 0) is 30.3 Å². The molecule has 0 atom stereocenters. The van der Waals surface area contributed by atoms with Gasteiger partial charge in [0.2, 0.25) is 5.13 Å². The van der Waals surface area contributed by atoms with Crippen molar-refractivity contribution in [3.63, 3.8) is 0 Å². The molecule has 0 spiro atoms. The summed E-state index contributed by atoms with van der Waals surface area (Å²) in [5, 5.41) is 12.2. The van der Waals surface area contributed by atoms with Gasteiger partial charge in [0.05, 0.1) is 10.7 Å². The molecule has 27 heavy (non-hydrogen) atoms. The second-order valence-corrected chi connectivity index (χ2v) is 8.09. The number of hydrogen-bond donors (Lipinski definition) is 1. The summed E-state index contributed by atoms with van der Waals surface area (Å²) in [6.45, 7) is 0. The fourth-order valence-electron chi connectivity index (χ4n) is 2.34. The number of fused-ring (bicyclic) bond motifs is 1. The Balaban J connectivity index is 1.46. The van der Waals surface area contributed by atoms with Crippen molar-refractivity contribution in [1.82, 2.24) is 19.6 Å². The van der Waals surface area contributed by atoms with Crippen molar-refractivity contribution in [2.45, 2.75) is 10.1 Å². The van der Waals surface area contributed by atoms with E-state index in [0.717, 1.165) is 0 Å². The van der Waals surface area contributed by atoms with E-state index >= 15 is 0 Å². The molecular weight excluding hydrogens is 409 g/mol. The van der Waals surface area contributed by atoms with Crippen LogP contribution in [0.25, 0.3) is 5.65 Å². The third-order valence-corrected chi connectivity index (χ3v) is 5.73. The summed E-state index contributed by atoms with van der Waals surface area (Å²) < 4.78 is 15.4. The van der Waals surface area contributed by atoms with Gasteiger partial charge in [0, 0.05) is 23.7 Å². The van der Waals surface area contributed by atoms with Gasteiger partial charge in [-0.25, -0.2) is 9.37 Å². The van der Waals surface area contributed by atoms with E-state index in [1.807, 2.05) is 0 Å². The maximum absolute atomic E-state index is 13.2. The minimum atomic E-state index is -0.325. The molecule has 10 heteroatoms. The molecule has 0 aliphatic heterocycles. The van der Waals surface area contributed by atoms with E-state index < -0.39 is 0 Å². The number of pyridine rings is 1. The largest absolute Gasteiger partial charge is 0.330 e. The molecule has 136 valence electrons. The minimum Gasteiger partial charge on any atom is -0.330 e. The number of nitrogens with one attached hydrogen (secondary N) is 1. The lowest BCUT2D eigenvalue weighted by atomic mass is 10.3. The van der Waals surface area contributed by atoms with Crippen molar-refractivity contribution < 1.29 is 4.39 Å². The molecular formula is C17H11ClFN5OS2. The Bertz CT molecular complexity index is 1180. The van der Waals surface area contributed by atoms with Crippen molar-refractivity contribution in [2.24, 2.45) is 0 Å². The number of halogens is 2. The molecule has 0 bridgehead atoms. The highest BCUT2D eigenvalue weighted by atomic mass is 35.5. The topological polar surface area (TPSA) is 72.2 Å². The van der Waals surface area contributed by atoms with Gasteiger partial charge in [0.15, 0.2) is 4.34 Å². The van der Waals surface area contributed by atoms with Crippen LogP contribution in [0.1, 0.15) is 5.69 Å². The van der Waals surface area contributed by atoms with Gasteiger partial charge in [-0.1, -0.05) is 40.8 Å². The molecule has 3 heterocycles. The highest BCUT2D eigenvalue weighted by Crippen LogP contribution is 2.29. The molecule has 4 aromatic rings. The highest BCUT2D eigenvalue weighted by Gasteiger charge is 2.08. The van der Waals surface area contributed by atoms with E-state index in [0.29, 0.717) is 37.3 Å². The van der Waals surface area contributed by atoms with Crippen LogP contribution >= 0.6 is 34.7 Å². The van der Waals surface area contributed by atoms with Crippen LogP contribution in [0.15, 0.2) is 57.8 Å². The number of aromatic nitrogens is 4. The Morgan fingerprint density at radius 2 is 2.11 bits per heavy atom. The second-order valence-electron chi connectivity index (χ2n) is 5.46. The Hall–Kier alpha value is -2.49. The van der Waals surface area contributed by atoms with Gasteiger partial charge >= 0.3 is 0 Å². The number of anilines is 2. The van der Waals surface area contributed by atoms with Crippen LogP contribution in [-0.4, -0.2) is 19.6 Å². The van der Waals surface area contributed by atoms with Crippen LogP contribution in [0.4, 0.5) is 15.2 Å². The first-order valence-electron chi connectivity index (χ1n) is 7.73. The van der Waals surface area contributed by atoms with Crippen molar-refractivity contribution in [2.75, 3.05) is 5.32 Å². The van der Waals surface area contributed by atoms with Gasteiger partial charge < -0.3 is 5.32 Å². The molecule has 0 aliphatic rings. The molecule has 3 aromatic heterocycles. The number of rotatable bonds is 5. The van der Waals surface area contributed by atoms with E-state index in [1.54, 1.807) is 24.3 Å². The maximum Gasteiger partial charge on any atom is 0.258 e. The van der Waals surface area contributed by atoms with E-state index in [-0.39, 0.29) is 11.4 Å². The van der Waals surface area contributed by atoms with Gasteiger partial charge in [0.25, 0.3) is 5.56 Å². The Labute approximate surface area is 166 Å². The van der Waals surface area contributed by atoms with Crippen molar-refractivity contribution in [1.29, 1.82) is 0 Å². The third-order valence-electron chi connectivity index (χ3n) is 3.50. The smallest absolute Gasteiger partial charge is 0.258 e. The molecule has 0 saturated carbocycles. The summed E-state index contributed by atoms with van der Waals surface area (Å²) in [5.41, 5.74) is 1.59. The lowest BCUT2D eigenvalue weighted by Crippen LogP contribution is -2.14. The summed E-state index contributed by atoms with van der Waals surface area (Å²) in [6.07, 6.45) is 1.54. The normalized spacial score (nSPS) is 11.0. The van der Waals surface area contributed by atoms with E-state index in [9.17, 15) is 9.18 Å². The zero-order valence-electron chi connectivity index (χ0n) is 13.6. The summed E-state index contributed by atoms with van der Waals surface area (Å²) in [5.74, 6) is 0.150. The van der Waals surface area contributed by atoms with Crippen molar-refractivity contribution in [3.05, 3.63) is 75.5 Å². The van der Waals surface area contributed by atoms with Crippen LogP contribution in [0, 0.1) is 5.82 Å². The fraction of sp³-hybridized carbons (Fsp3) is 0.0588. The molecule has 6 nitrogen and oxygen atoms in total. The van der Waals surface area contributed by atoms with E-state index in [2.05, 4.69) is 20.5 Å². The SMILES string of the molecule is O=c1cc(CSc2nnc(Nc3cccc(F)c3)s2)nc2ccc(Cl)cn12. The lowest BCUT2D eigenvalue weighted by Gasteiger charge is -2.03. The minimum absolute atomic E-state index is 0.191. The molecule has 0 unspecified atom stereocenters. The standard InChI is InChI=1S/C17H11ClFN5OS2/c18-10-4-5-14-20-13(7-15(25)24(14)8-10)9-26-17-23-22-16(27-17)21-12-3-1-2-11(19)6-12/h1-8H,9H2,(H,21,22). The average Bonchev–Trinajstić information content (AvgIpc) is 3.08. The number of benzene rings is 1. The fourth-order valence-corrected chi connectivity index (χ4v) is 4.17. The predicted octanol–water partition coefficient (Wildman–Crippen LogP) is 4.37. The molecule has 0 aliphatic carbocycles. The molecule has 1 N–H and O–H groups in total. The molecule has 0 radical (unpaired) electrons. The molecule has 1 aromatic carbocycles. The lowest BCUT2D eigenvalue weighted by molar-refractivity contribution is 0.628. The maximum atomic E-state index is 13.2. The third kappa shape index (κ3) is 4.26. The number of hydrogen-bond acceptors (Lipinski definition) is 7. The zero-order valence-corrected chi connectivity index (χ0v) is 16.0. The van der Waals surface area contributed by atoms with Crippen LogP contribution in [0.3, 0.4) is 0 Å².